The number of piperidine rings is 1. The van der Waals surface area contributed by atoms with E-state index in [1.165, 1.54) is 0 Å². The average Bonchev–Trinajstić information content (AvgIpc) is 2.64. The largest absolute Gasteiger partial charge is 0.493 e. The highest BCUT2D eigenvalue weighted by Gasteiger charge is 2.55. The van der Waals surface area contributed by atoms with Gasteiger partial charge in [-0.25, -0.2) is 0 Å². The Kier molecular flexibility index (Phi) is 4.82. The first-order valence-corrected chi connectivity index (χ1v) is 10.2. The van der Waals surface area contributed by atoms with E-state index in [0.717, 1.165) is 49.4 Å². The third kappa shape index (κ3) is 3.16. The van der Waals surface area contributed by atoms with Gasteiger partial charge in [0, 0.05) is 11.5 Å². The lowest BCUT2D eigenvalue weighted by molar-refractivity contribution is -0.210. The van der Waals surface area contributed by atoms with E-state index in [1.54, 1.807) is 7.11 Å². The molecule has 0 aliphatic carbocycles. The summed E-state index contributed by atoms with van der Waals surface area (Å²) in [5, 5.41) is 9.09. The van der Waals surface area contributed by atoms with Gasteiger partial charge >= 0.3 is 5.97 Å². The van der Waals surface area contributed by atoms with Crippen molar-refractivity contribution in [2.24, 2.45) is 11.3 Å². The molecule has 3 atom stereocenters. The molecule has 0 unspecified atom stereocenters. The highest BCUT2D eigenvalue weighted by atomic mass is 16.5. The van der Waals surface area contributed by atoms with E-state index in [9.17, 15) is 4.79 Å². The summed E-state index contributed by atoms with van der Waals surface area (Å²) in [6, 6.07) is 6.02. The molecule has 1 N–H and O–H groups in total. The number of hydrogen-bond donors (Lipinski definition) is 1. The van der Waals surface area contributed by atoms with Gasteiger partial charge in [-0.3, -0.25) is 9.69 Å². The Morgan fingerprint density at radius 2 is 2.04 bits per heavy atom. The van der Waals surface area contributed by atoms with Gasteiger partial charge in [-0.2, -0.15) is 0 Å². The Bertz CT molecular complexity index is 753. The maximum atomic E-state index is 11.0. The number of methoxy groups -OCH3 is 1. The maximum Gasteiger partial charge on any atom is 0.317 e. The Morgan fingerprint density at radius 3 is 2.68 bits per heavy atom. The first-order valence-electron chi connectivity index (χ1n) is 10.2. The van der Waals surface area contributed by atoms with Crippen LogP contribution in [0.5, 0.6) is 11.5 Å². The van der Waals surface area contributed by atoms with Crippen LogP contribution in [0.3, 0.4) is 0 Å². The molecule has 1 aromatic rings. The molecule has 0 amide bonds. The Balaban J connectivity index is 1.61. The second-order valence-corrected chi connectivity index (χ2v) is 9.13. The molecular weight excluding hydrogens is 358 g/mol. The van der Waals surface area contributed by atoms with Crippen molar-refractivity contribution in [3.8, 4) is 11.5 Å². The normalized spacial score (nSPS) is 30.8. The van der Waals surface area contributed by atoms with Crippen LogP contribution in [0, 0.1) is 11.3 Å². The van der Waals surface area contributed by atoms with Crippen LogP contribution < -0.4 is 9.47 Å². The number of nitrogens with zero attached hydrogens (tertiary/aromatic N) is 1. The quantitative estimate of drug-likeness (QED) is 0.853. The Hall–Kier alpha value is -1.79. The molecule has 0 radical (unpaired) electrons. The number of aliphatic carboxylic acids is 1. The molecule has 154 valence electrons. The molecule has 1 aromatic carbocycles. The first-order chi connectivity index (χ1) is 13.3. The summed E-state index contributed by atoms with van der Waals surface area (Å²) in [6.45, 7) is 8.22. The van der Waals surface area contributed by atoms with Crippen LogP contribution in [0.25, 0.3) is 0 Å². The fourth-order valence-corrected chi connectivity index (χ4v) is 5.39. The van der Waals surface area contributed by atoms with Crippen LogP contribution in [0.15, 0.2) is 18.2 Å². The molecule has 3 heterocycles. The number of hydrogen-bond acceptors (Lipinski definition) is 5. The van der Waals surface area contributed by atoms with E-state index in [-0.39, 0.29) is 35.7 Å². The van der Waals surface area contributed by atoms with E-state index in [2.05, 4.69) is 26.8 Å². The zero-order valence-corrected chi connectivity index (χ0v) is 17.2. The molecule has 2 fully saturated rings. The maximum absolute atomic E-state index is 11.0. The van der Waals surface area contributed by atoms with Crippen molar-refractivity contribution in [2.75, 3.05) is 26.7 Å². The Labute approximate surface area is 166 Å². The highest BCUT2D eigenvalue weighted by molar-refractivity contribution is 5.69. The number of carboxylic acids is 1. The van der Waals surface area contributed by atoms with Crippen LogP contribution in [-0.4, -0.2) is 54.4 Å². The zero-order valence-electron chi connectivity index (χ0n) is 17.2. The van der Waals surface area contributed by atoms with Crippen molar-refractivity contribution in [2.45, 2.75) is 57.8 Å². The van der Waals surface area contributed by atoms with E-state index in [1.807, 2.05) is 17.0 Å². The van der Waals surface area contributed by atoms with Gasteiger partial charge in [0.25, 0.3) is 0 Å². The summed E-state index contributed by atoms with van der Waals surface area (Å²) in [5.74, 6) is 1.05. The summed E-state index contributed by atoms with van der Waals surface area (Å²) in [7, 11) is 1.67. The van der Waals surface area contributed by atoms with Crippen molar-refractivity contribution in [1.29, 1.82) is 0 Å². The number of para-hydroxylation sites is 1. The molecule has 0 saturated carbocycles. The predicted molar refractivity (Wildman–Crippen MR) is 105 cm³/mol. The lowest BCUT2D eigenvalue weighted by Gasteiger charge is -2.57. The van der Waals surface area contributed by atoms with Crippen LogP contribution >= 0.6 is 0 Å². The lowest BCUT2D eigenvalue weighted by atomic mass is 9.61. The van der Waals surface area contributed by atoms with Gasteiger partial charge in [0.2, 0.25) is 0 Å². The van der Waals surface area contributed by atoms with Gasteiger partial charge in [-0.15, -0.1) is 0 Å². The van der Waals surface area contributed by atoms with Gasteiger partial charge in [-0.1, -0.05) is 12.1 Å². The predicted octanol–water partition coefficient (Wildman–Crippen LogP) is 3.50. The third-order valence-electron chi connectivity index (χ3n) is 7.21. The van der Waals surface area contributed by atoms with E-state index in [4.69, 9.17) is 19.3 Å². The second-order valence-electron chi connectivity index (χ2n) is 9.13. The third-order valence-corrected chi connectivity index (χ3v) is 7.21. The number of carboxylic acid groups (broad SMARTS) is 1. The smallest absolute Gasteiger partial charge is 0.317 e. The van der Waals surface area contributed by atoms with E-state index >= 15 is 0 Å². The first kappa shape index (κ1) is 19.5. The molecule has 28 heavy (non-hydrogen) atoms. The van der Waals surface area contributed by atoms with Crippen LogP contribution in [-0.2, 0) is 9.53 Å². The van der Waals surface area contributed by atoms with Gasteiger partial charge in [0.15, 0.2) is 11.5 Å². The van der Waals surface area contributed by atoms with Crippen molar-refractivity contribution >= 4 is 5.97 Å². The van der Waals surface area contributed by atoms with Gasteiger partial charge in [0.1, 0.15) is 5.60 Å². The number of carbonyl (C=O) groups is 1. The van der Waals surface area contributed by atoms with E-state index in [0.29, 0.717) is 0 Å². The molecule has 2 saturated heterocycles. The molecule has 1 spiro atoms. The highest BCUT2D eigenvalue weighted by Crippen LogP contribution is 2.59. The van der Waals surface area contributed by atoms with Crippen molar-refractivity contribution < 1.29 is 24.1 Å². The molecule has 6 nitrogen and oxygen atoms in total. The summed E-state index contributed by atoms with van der Waals surface area (Å²) < 4.78 is 18.7. The number of ether oxygens (including phenoxy) is 3. The molecule has 0 aromatic heterocycles. The van der Waals surface area contributed by atoms with Gasteiger partial charge < -0.3 is 19.3 Å². The zero-order chi connectivity index (χ0) is 20.1. The minimum Gasteiger partial charge on any atom is -0.493 e. The van der Waals surface area contributed by atoms with Crippen LogP contribution in [0.1, 0.15) is 51.7 Å². The van der Waals surface area contributed by atoms with E-state index < -0.39 is 5.97 Å². The Morgan fingerprint density at radius 1 is 1.32 bits per heavy atom. The monoisotopic (exact) mass is 389 g/mol. The SMILES string of the molecule is COc1cccc2c1OC(C)(C)[C@H]1CC3(CCN(CC(=O)O)CC3)[C@H](C)O[C@H]21. The number of likely N-dealkylation sites (tertiary alicyclic amines) is 1. The molecule has 3 aliphatic heterocycles. The van der Waals surface area contributed by atoms with Crippen LogP contribution in [0.4, 0.5) is 0 Å². The summed E-state index contributed by atoms with van der Waals surface area (Å²) in [4.78, 5) is 13.1. The number of fused-ring (bicyclic) bond motifs is 3. The summed E-state index contributed by atoms with van der Waals surface area (Å²) >= 11 is 0. The van der Waals surface area contributed by atoms with Crippen LogP contribution in [0.2, 0.25) is 0 Å². The minimum absolute atomic E-state index is 0.00785. The fourth-order valence-electron chi connectivity index (χ4n) is 5.39. The van der Waals surface area contributed by atoms with Crippen molar-refractivity contribution in [3.63, 3.8) is 0 Å². The van der Waals surface area contributed by atoms with Crippen molar-refractivity contribution in [3.05, 3.63) is 23.8 Å². The topological polar surface area (TPSA) is 68.2 Å². The van der Waals surface area contributed by atoms with Gasteiger partial charge in [-0.05, 0) is 64.6 Å². The molecule has 3 aliphatic rings. The summed E-state index contributed by atoms with van der Waals surface area (Å²) in [6.07, 6.45) is 3.07. The van der Waals surface area contributed by atoms with Crippen molar-refractivity contribution in [1.82, 2.24) is 4.90 Å². The number of rotatable bonds is 3. The number of benzene rings is 1. The lowest BCUT2D eigenvalue weighted by Crippen LogP contribution is -2.57. The molecular formula is C22H31NO5. The molecule has 4 rings (SSSR count). The average molecular weight is 389 g/mol. The fraction of sp³-hybridized carbons (Fsp3) is 0.682. The van der Waals surface area contributed by atoms with Gasteiger partial charge in [0.05, 0.1) is 25.9 Å². The molecule has 0 bridgehead atoms. The minimum atomic E-state index is -0.753. The summed E-state index contributed by atoms with van der Waals surface area (Å²) in [5.41, 5.74) is 0.791. The standard InChI is InChI=1S/C22H31NO5/c1-14-22(8-10-23(11-9-22)13-18(24)25)12-16-19(27-14)15-6-5-7-17(26-4)20(15)28-21(16,2)3/h5-7,14,16,19H,8-13H2,1-4H3,(H,24,25)/t14-,16-,19+/m0/s1. The molecule has 6 heteroatoms. The second kappa shape index (κ2) is 6.92.